The maximum absolute atomic E-state index is 12.1. The zero-order valence-electron chi connectivity index (χ0n) is 10.7. The van der Waals surface area contributed by atoms with Gasteiger partial charge in [0.05, 0.1) is 4.92 Å². The lowest BCUT2D eigenvalue weighted by Crippen LogP contribution is -2.30. The lowest BCUT2D eigenvalue weighted by molar-refractivity contribution is -0.384. The number of thiophene rings is 1. The Labute approximate surface area is 125 Å². The Hall–Kier alpha value is -0.740. The number of nitrogens with one attached hydrogen (secondary N) is 1. The fourth-order valence-electron chi connectivity index (χ4n) is 2.09. The van der Waals surface area contributed by atoms with Crippen LogP contribution >= 0.6 is 22.9 Å². The summed E-state index contributed by atoms with van der Waals surface area (Å²) >= 11 is 6.37. The molecule has 1 unspecified atom stereocenters. The number of sulfonamides is 1. The zero-order valence-corrected chi connectivity index (χ0v) is 13.1. The van der Waals surface area contributed by atoms with Gasteiger partial charge >= 0.3 is 0 Å². The van der Waals surface area contributed by atoms with Gasteiger partial charge in [-0.2, -0.15) is 0 Å². The number of rotatable bonds is 5. The van der Waals surface area contributed by atoms with Gasteiger partial charge in [0, 0.05) is 19.2 Å². The van der Waals surface area contributed by atoms with Gasteiger partial charge in [-0.1, -0.05) is 11.6 Å². The summed E-state index contributed by atoms with van der Waals surface area (Å²) in [5.74, 6) is 0.264. The quantitative estimate of drug-likeness (QED) is 0.649. The van der Waals surface area contributed by atoms with Gasteiger partial charge in [-0.15, -0.1) is 11.3 Å². The van der Waals surface area contributed by atoms with Crippen LogP contribution in [0, 0.1) is 16.0 Å². The summed E-state index contributed by atoms with van der Waals surface area (Å²) in [5, 5.41) is 10.7. The topological polar surface area (TPSA) is 92.6 Å². The zero-order chi connectivity index (χ0) is 14.9. The Bertz CT molecular complexity index is 616. The second-order valence-corrected chi connectivity index (χ2v) is 8.40. The average Bonchev–Trinajstić information content (AvgIpc) is 2.93. The van der Waals surface area contributed by atoms with Crippen molar-refractivity contribution in [3.8, 4) is 0 Å². The predicted octanol–water partition coefficient (Wildman–Crippen LogP) is 1.54. The Balaban J connectivity index is 2.06. The second-order valence-electron chi connectivity index (χ2n) is 4.75. The number of halogens is 1. The Morgan fingerprint density at radius 1 is 1.65 bits per heavy atom. The van der Waals surface area contributed by atoms with Gasteiger partial charge in [0.2, 0.25) is 10.0 Å². The first kappa shape index (κ1) is 15.6. The smallest absolute Gasteiger partial charge is 0.300 e. The molecule has 0 saturated carbocycles. The molecule has 1 fully saturated rings. The first-order valence-corrected chi connectivity index (χ1v) is 8.59. The van der Waals surface area contributed by atoms with E-state index in [2.05, 4.69) is 9.62 Å². The Morgan fingerprint density at radius 3 is 2.85 bits per heavy atom. The molecular formula is C10H14ClN3O4S2. The van der Waals surface area contributed by atoms with Crippen molar-refractivity contribution in [2.75, 3.05) is 26.7 Å². The molecule has 20 heavy (non-hydrogen) atoms. The van der Waals surface area contributed by atoms with Crippen molar-refractivity contribution in [1.82, 2.24) is 9.62 Å². The number of likely N-dealkylation sites (tertiary alicyclic amines) is 1. The van der Waals surface area contributed by atoms with E-state index >= 15 is 0 Å². The number of nitrogens with zero attached hydrogens (tertiary/aromatic N) is 2. The molecule has 0 aliphatic carbocycles. The molecule has 0 amide bonds. The minimum Gasteiger partial charge on any atom is -0.306 e. The van der Waals surface area contributed by atoms with Gasteiger partial charge in [-0.3, -0.25) is 10.1 Å². The molecular weight excluding hydrogens is 326 g/mol. The molecule has 1 aliphatic rings. The van der Waals surface area contributed by atoms with Crippen molar-refractivity contribution in [3.63, 3.8) is 0 Å². The predicted molar refractivity (Wildman–Crippen MR) is 76.8 cm³/mol. The van der Waals surface area contributed by atoms with Crippen LogP contribution in [0.4, 0.5) is 5.69 Å². The molecule has 2 heterocycles. The van der Waals surface area contributed by atoms with Gasteiger partial charge in [0.15, 0.2) is 4.34 Å². The van der Waals surface area contributed by atoms with E-state index in [1.165, 1.54) is 0 Å². The van der Waals surface area contributed by atoms with E-state index in [1.807, 2.05) is 7.05 Å². The minimum atomic E-state index is -3.74. The van der Waals surface area contributed by atoms with Gasteiger partial charge in [0.25, 0.3) is 5.69 Å². The van der Waals surface area contributed by atoms with Crippen molar-refractivity contribution < 1.29 is 13.3 Å². The maximum atomic E-state index is 12.1. The van der Waals surface area contributed by atoms with Gasteiger partial charge in [-0.25, -0.2) is 13.1 Å². The third kappa shape index (κ3) is 3.47. The summed E-state index contributed by atoms with van der Waals surface area (Å²) in [7, 11) is -1.76. The summed E-state index contributed by atoms with van der Waals surface area (Å²) in [6.07, 6.45) is 0.935. The summed E-state index contributed by atoms with van der Waals surface area (Å²) in [5.41, 5.74) is -0.377. The molecule has 10 heteroatoms. The van der Waals surface area contributed by atoms with Crippen LogP contribution in [-0.4, -0.2) is 44.9 Å². The minimum absolute atomic E-state index is 0.124. The van der Waals surface area contributed by atoms with Crippen LogP contribution in [0.1, 0.15) is 6.42 Å². The highest BCUT2D eigenvalue weighted by Crippen LogP contribution is 2.36. The second kappa shape index (κ2) is 5.94. The van der Waals surface area contributed by atoms with Crippen LogP contribution in [0.5, 0.6) is 0 Å². The fourth-order valence-corrected chi connectivity index (χ4v) is 4.91. The summed E-state index contributed by atoms with van der Waals surface area (Å²) in [6.45, 7) is 2.12. The summed E-state index contributed by atoms with van der Waals surface area (Å²) in [6, 6.07) is 0.996. The lowest BCUT2D eigenvalue weighted by Gasteiger charge is -2.11. The molecule has 1 aromatic rings. The molecule has 1 atom stereocenters. The van der Waals surface area contributed by atoms with Gasteiger partial charge < -0.3 is 4.90 Å². The van der Waals surface area contributed by atoms with E-state index in [9.17, 15) is 18.5 Å². The standard InChI is InChI=1S/C10H14ClN3O4S2/c1-13-3-2-7(6-13)5-12-20(17,18)9-4-8(14(15)16)10(11)19-9/h4,7,12H,2-3,5-6H2,1H3. The Kier molecular flexibility index (Phi) is 4.65. The molecule has 0 radical (unpaired) electrons. The molecule has 112 valence electrons. The van der Waals surface area contributed by atoms with Gasteiger partial charge in [0.1, 0.15) is 4.21 Å². The van der Waals surface area contributed by atoms with E-state index in [4.69, 9.17) is 11.6 Å². The summed E-state index contributed by atoms with van der Waals surface area (Å²) in [4.78, 5) is 12.1. The van der Waals surface area contributed by atoms with E-state index in [-0.39, 0.29) is 20.2 Å². The number of nitro groups is 1. The largest absolute Gasteiger partial charge is 0.306 e. The highest BCUT2D eigenvalue weighted by molar-refractivity contribution is 7.91. The van der Waals surface area contributed by atoms with Crippen molar-refractivity contribution in [2.24, 2.45) is 5.92 Å². The number of hydrogen-bond donors (Lipinski definition) is 1. The van der Waals surface area contributed by atoms with E-state index in [1.54, 1.807) is 0 Å². The highest BCUT2D eigenvalue weighted by atomic mass is 35.5. The first-order valence-electron chi connectivity index (χ1n) is 5.91. The van der Waals surface area contributed by atoms with Crippen LogP contribution in [0.25, 0.3) is 0 Å². The highest BCUT2D eigenvalue weighted by Gasteiger charge is 2.27. The van der Waals surface area contributed by atoms with E-state index < -0.39 is 14.9 Å². The Morgan fingerprint density at radius 2 is 2.35 bits per heavy atom. The van der Waals surface area contributed by atoms with Gasteiger partial charge in [-0.05, 0) is 25.9 Å². The molecule has 2 rings (SSSR count). The van der Waals surface area contributed by atoms with Crippen LogP contribution in [0.2, 0.25) is 4.34 Å². The normalized spacial score (nSPS) is 20.4. The molecule has 0 spiro atoms. The van der Waals surface area contributed by atoms with E-state index in [0.29, 0.717) is 17.9 Å². The third-order valence-electron chi connectivity index (χ3n) is 3.16. The van der Waals surface area contributed by atoms with Crippen LogP contribution in [0.3, 0.4) is 0 Å². The molecule has 7 nitrogen and oxygen atoms in total. The van der Waals surface area contributed by atoms with Crippen LogP contribution in [-0.2, 0) is 10.0 Å². The molecule has 0 aromatic carbocycles. The molecule has 0 bridgehead atoms. The van der Waals surface area contributed by atoms with Crippen molar-refractivity contribution in [3.05, 3.63) is 20.5 Å². The molecule has 1 N–H and O–H groups in total. The monoisotopic (exact) mass is 339 g/mol. The SMILES string of the molecule is CN1CCC(CNS(=O)(=O)c2cc([N+](=O)[O-])c(Cl)s2)C1. The summed E-state index contributed by atoms with van der Waals surface area (Å²) < 4.78 is 26.4. The fraction of sp³-hybridized carbons (Fsp3) is 0.600. The molecule has 1 aliphatic heterocycles. The van der Waals surface area contributed by atoms with Crippen molar-refractivity contribution in [1.29, 1.82) is 0 Å². The lowest BCUT2D eigenvalue weighted by atomic mass is 10.1. The van der Waals surface area contributed by atoms with Crippen LogP contribution < -0.4 is 4.72 Å². The third-order valence-corrected chi connectivity index (χ3v) is 6.39. The molecule has 1 aromatic heterocycles. The van der Waals surface area contributed by atoms with Crippen molar-refractivity contribution in [2.45, 2.75) is 10.6 Å². The first-order chi connectivity index (χ1) is 9.29. The van der Waals surface area contributed by atoms with E-state index in [0.717, 1.165) is 25.6 Å². The molecule has 1 saturated heterocycles. The maximum Gasteiger partial charge on any atom is 0.300 e. The number of hydrogen-bond acceptors (Lipinski definition) is 6. The average molecular weight is 340 g/mol. The van der Waals surface area contributed by atoms with Crippen molar-refractivity contribution >= 4 is 38.6 Å². The van der Waals surface area contributed by atoms with Crippen LogP contribution in [0.15, 0.2) is 10.3 Å².